The lowest BCUT2D eigenvalue weighted by Crippen LogP contribution is -2.56. The second-order valence-corrected chi connectivity index (χ2v) is 6.85. The Morgan fingerprint density at radius 3 is 1.97 bits per heavy atom. The number of nitrogens with one attached hydrogen (secondary N) is 1. The van der Waals surface area contributed by atoms with Crippen LogP contribution in [0.1, 0.15) is 16.7 Å². The lowest BCUT2D eigenvalue weighted by atomic mass is 9.91. The number of halogens is 3. The maximum absolute atomic E-state index is 14.4. The Morgan fingerprint density at radius 2 is 1.42 bits per heavy atom. The highest BCUT2D eigenvalue weighted by Crippen LogP contribution is 2.43. The van der Waals surface area contributed by atoms with Crippen molar-refractivity contribution in [2.75, 3.05) is 7.11 Å². The molecule has 1 amide bonds. The fourth-order valence-electron chi connectivity index (χ4n) is 3.14. The van der Waals surface area contributed by atoms with E-state index in [1.165, 1.54) is 31.4 Å². The lowest BCUT2D eigenvalue weighted by Gasteiger charge is -2.34. The Morgan fingerprint density at radius 1 is 0.839 bits per heavy atom. The second kappa shape index (κ2) is 9.66. The summed E-state index contributed by atoms with van der Waals surface area (Å²) in [5.41, 5.74) is -2.29. The first-order chi connectivity index (χ1) is 14.9. The van der Waals surface area contributed by atoms with E-state index >= 15 is 0 Å². The lowest BCUT2D eigenvalue weighted by molar-refractivity contribution is -0.277. The smallest absolute Gasteiger partial charge is 0.430 e. The van der Waals surface area contributed by atoms with Crippen molar-refractivity contribution in [3.05, 3.63) is 102 Å². The quantitative estimate of drug-likeness (QED) is 0.549. The number of hydrogen-bond acceptors (Lipinski definition) is 3. The third kappa shape index (κ3) is 5.06. The second-order valence-electron chi connectivity index (χ2n) is 6.85. The maximum Gasteiger partial charge on any atom is 0.430 e. The van der Waals surface area contributed by atoms with Gasteiger partial charge in [-0.1, -0.05) is 72.8 Å². The van der Waals surface area contributed by atoms with Gasteiger partial charge < -0.3 is 14.8 Å². The van der Waals surface area contributed by atoms with Crippen molar-refractivity contribution in [2.45, 2.75) is 24.9 Å². The third-order valence-corrected chi connectivity index (χ3v) is 4.81. The zero-order valence-electron chi connectivity index (χ0n) is 16.9. The zero-order chi connectivity index (χ0) is 22.3. The van der Waals surface area contributed by atoms with Crippen molar-refractivity contribution in [2.24, 2.45) is 0 Å². The van der Waals surface area contributed by atoms with Gasteiger partial charge in [-0.05, 0) is 23.3 Å². The fourth-order valence-corrected chi connectivity index (χ4v) is 3.14. The van der Waals surface area contributed by atoms with E-state index in [0.29, 0.717) is 16.9 Å². The molecule has 0 heterocycles. The van der Waals surface area contributed by atoms with Crippen LogP contribution in [-0.4, -0.2) is 19.2 Å². The Bertz CT molecular complexity index is 976. The highest BCUT2D eigenvalue weighted by molar-refractivity contribution is 5.87. The number of ether oxygens (including phenoxy) is 2. The number of alkyl halides is 3. The third-order valence-electron chi connectivity index (χ3n) is 4.81. The largest absolute Gasteiger partial charge is 0.497 e. The van der Waals surface area contributed by atoms with Crippen LogP contribution in [0.3, 0.4) is 0 Å². The van der Waals surface area contributed by atoms with E-state index in [2.05, 4.69) is 5.32 Å². The summed E-state index contributed by atoms with van der Waals surface area (Å²) in [7, 11) is 1.51. The monoisotopic (exact) mass is 429 g/mol. The predicted octanol–water partition coefficient (Wildman–Crippen LogP) is 4.99. The number of hydrogen-bond donors (Lipinski definition) is 1. The summed E-state index contributed by atoms with van der Waals surface area (Å²) in [6.45, 7) is -0.479. The Balaban J connectivity index is 1.91. The Kier molecular flexibility index (Phi) is 6.97. The Hall–Kier alpha value is -3.32. The molecule has 3 aromatic carbocycles. The minimum Gasteiger partial charge on any atom is -0.497 e. The van der Waals surface area contributed by atoms with Crippen molar-refractivity contribution in [3.8, 4) is 5.75 Å². The summed E-state index contributed by atoms with van der Waals surface area (Å²) >= 11 is 0. The van der Waals surface area contributed by atoms with Gasteiger partial charge in [-0.25, -0.2) is 0 Å². The molecule has 0 aliphatic rings. The van der Waals surface area contributed by atoms with Gasteiger partial charge in [0.2, 0.25) is 0 Å². The molecule has 0 saturated carbocycles. The molecule has 1 unspecified atom stereocenters. The van der Waals surface area contributed by atoms with Gasteiger partial charge >= 0.3 is 6.18 Å². The normalized spacial score (nSPS) is 13.3. The summed E-state index contributed by atoms with van der Waals surface area (Å²) in [6.07, 6.45) is -4.99. The van der Waals surface area contributed by atoms with Gasteiger partial charge in [0.15, 0.2) is 0 Å². The molecule has 0 radical (unpaired) electrons. The highest BCUT2D eigenvalue weighted by Gasteiger charge is 2.63. The first kappa shape index (κ1) is 22.4. The molecule has 0 bridgehead atoms. The van der Waals surface area contributed by atoms with Crippen LogP contribution in [0.25, 0.3) is 0 Å². The maximum atomic E-state index is 14.4. The first-order valence-electron chi connectivity index (χ1n) is 9.58. The molecule has 0 spiro atoms. The minimum absolute atomic E-state index is 0.0951. The number of benzene rings is 3. The van der Waals surface area contributed by atoms with E-state index in [4.69, 9.17) is 9.47 Å². The molecule has 3 rings (SSSR count). The van der Waals surface area contributed by atoms with E-state index in [9.17, 15) is 18.0 Å². The molecule has 7 heteroatoms. The first-order valence-corrected chi connectivity index (χ1v) is 9.58. The number of carbonyl (C=O) groups is 1. The number of carbonyl (C=O) groups excluding carboxylic acids is 1. The van der Waals surface area contributed by atoms with Crippen LogP contribution in [0.4, 0.5) is 13.2 Å². The van der Waals surface area contributed by atoms with E-state index in [-0.39, 0.29) is 18.7 Å². The molecule has 0 fully saturated rings. The van der Waals surface area contributed by atoms with Gasteiger partial charge in [-0.15, -0.1) is 0 Å². The van der Waals surface area contributed by atoms with Crippen molar-refractivity contribution in [1.82, 2.24) is 5.32 Å². The summed E-state index contributed by atoms with van der Waals surface area (Å²) in [4.78, 5) is 13.0. The standard InChI is InChI=1S/C24H22F3NO3/c1-30-21-14-12-18(13-15-21)16-28-22(29)23(24(25,26)27,20-10-6-3-7-11-20)31-17-19-8-4-2-5-9-19/h2-15H,16-17H2,1H3,(H,28,29). The SMILES string of the molecule is COc1ccc(CNC(=O)C(OCc2ccccc2)(c2ccccc2)C(F)(F)F)cc1. The van der Waals surface area contributed by atoms with Crippen LogP contribution >= 0.6 is 0 Å². The summed E-state index contributed by atoms with van der Waals surface area (Å²) < 4.78 is 53.8. The predicted molar refractivity (Wildman–Crippen MR) is 110 cm³/mol. The van der Waals surface area contributed by atoms with Gasteiger partial charge in [0.25, 0.3) is 11.5 Å². The van der Waals surface area contributed by atoms with Crippen LogP contribution in [0.15, 0.2) is 84.9 Å². The number of rotatable bonds is 8. The summed E-state index contributed by atoms with van der Waals surface area (Å²) in [5, 5.41) is 2.39. The fraction of sp³-hybridized carbons (Fsp3) is 0.208. The summed E-state index contributed by atoms with van der Waals surface area (Å²) in [6, 6.07) is 22.0. The van der Waals surface area contributed by atoms with Gasteiger partial charge in [0.05, 0.1) is 13.7 Å². The molecular formula is C24H22F3NO3. The van der Waals surface area contributed by atoms with Gasteiger partial charge in [-0.3, -0.25) is 4.79 Å². The van der Waals surface area contributed by atoms with Crippen LogP contribution in [0.2, 0.25) is 0 Å². The van der Waals surface area contributed by atoms with Crippen LogP contribution in [-0.2, 0) is 28.3 Å². The Labute approximate surface area is 178 Å². The van der Waals surface area contributed by atoms with Gasteiger partial charge in [0, 0.05) is 12.1 Å². The van der Waals surface area contributed by atoms with E-state index in [1.54, 1.807) is 60.7 Å². The highest BCUT2D eigenvalue weighted by atomic mass is 19.4. The van der Waals surface area contributed by atoms with Crippen molar-refractivity contribution in [3.63, 3.8) is 0 Å². The van der Waals surface area contributed by atoms with Crippen LogP contribution in [0, 0.1) is 0 Å². The van der Waals surface area contributed by atoms with E-state index in [0.717, 1.165) is 0 Å². The summed E-state index contributed by atoms with van der Waals surface area (Å²) in [5.74, 6) is -0.673. The molecule has 0 aliphatic heterocycles. The molecule has 0 aliphatic carbocycles. The molecule has 3 aromatic rings. The van der Waals surface area contributed by atoms with Crippen LogP contribution in [0.5, 0.6) is 5.75 Å². The molecular weight excluding hydrogens is 407 g/mol. The average molecular weight is 429 g/mol. The minimum atomic E-state index is -4.99. The molecule has 0 aromatic heterocycles. The van der Waals surface area contributed by atoms with E-state index < -0.39 is 17.7 Å². The molecule has 0 saturated heterocycles. The molecule has 31 heavy (non-hydrogen) atoms. The molecule has 162 valence electrons. The topological polar surface area (TPSA) is 47.6 Å². The molecule has 4 nitrogen and oxygen atoms in total. The van der Waals surface area contributed by atoms with Crippen molar-refractivity contribution in [1.29, 1.82) is 0 Å². The zero-order valence-corrected chi connectivity index (χ0v) is 16.9. The molecule has 1 atom stereocenters. The average Bonchev–Trinajstić information content (AvgIpc) is 2.79. The number of amides is 1. The van der Waals surface area contributed by atoms with Gasteiger partial charge in [0.1, 0.15) is 5.75 Å². The number of methoxy groups -OCH3 is 1. The molecule has 1 N–H and O–H groups in total. The van der Waals surface area contributed by atoms with E-state index in [1.807, 2.05) is 0 Å². The van der Waals surface area contributed by atoms with Crippen molar-refractivity contribution >= 4 is 5.91 Å². The van der Waals surface area contributed by atoms with Crippen LogP contribution < -0.4 is 10.1 Å². The van der Waals surface area contributed by atoms with Gasteiger partial charge in [-0.2, -0.15) is 13.2 Å². The van der Waals surface area contributed by atoms with Crippen molar-refractivity contribution < 1.29 is 27.4 Å².